The van der Waals surface area contributed by atoms with Crippen molar-refractivity contribution in [2.75, 3.05) is 26.8 Å². The number of esters is 1. The number of carbonyl (C=O) groups excluding carboxylic acids is 3. The zero-order valence-corrected chi connectivity index (χ0v) is 24.0. The highest BCUT2D eigenvalue weighted by molar-refractivity contribution is 5.97. The average molecular weight is 545 g/mol. The van der Waals surface area contributed by atoms with E-state index in [1.54, 1.807) is 18.7 Å². The fourth-order valence-corrected chi connectivity index (χ4v) is 4.69. The van der Waals surface area contributed by atoms with E-state index < -0.39 is 12.1 Å². The number of hydrogen-bond acceptors (Lipinski definition) is 8. The second-order valence-corrected chi connectivity index (χ2v) is 10.9. The molecule has 216 valence electrons. The first-order valence-corrected chi connectivity index (χ1v) is 14.1. The maximum atomic E-state index is 12.7. The standard InChI is InChI=1S/C29H44N4O6/c1-20(2)19-38-27(35)18-33-17-23-24(30-28(33)31-29(36)39-21(3)4)13-9-14-25(23)37-16-10-15-26(34)32(5)22-11-7-6-8-12-22/h9,13-14,20-22H,6-8,10-12,15-19H2,1-5H3,(H,30,31,36). The van der Waals surface area contributed by atoms with Crippen LogP contribution in [0.2, 0.25) is 0 Å². The third-order valence-electron chi connectivity index (χ3n) is 6.75. The number of nitrogens with zero attached hydrogens (tertiary/aromatic N) is 3. The van der Waals surface area contributed by atoms with E-state index in [0.717, 1.165) is 18.4 Å². The number of fused-ring (bicyclic) bond motifs is 1. The first kappa shape index (κ1) is 30.2. The summed E-state index contributed by atoms with van der Waals surface area (Å²) in [6, 6.07) is 5.86. The molecular weight excluding hydrogens is 500 g/mol. The normalized spacial score (nSPS) is 15.5. The van der Waals surface area contributed by atoms with Crippen LogP contribution in [0.25, 0.3) is 0 Å². The van der Waals surface area contributed by atoms with Gasteiger partial charge < -0.3 is 24.0 Å². The first-order valence-electron chi connectivity index (χ1n) is 14.1. The number of carbonyl (C=O) groups is 3. The van der Waals surface area contributed by atoms with Gasteiger partial charge >= 0.3 is 12.1 Å². The molecule has 0 aromatic heterocycles. The van der Waals surface area contributed by atoms with Crippen molar-refractivity contribution < 1.29 is 28.6 Å². The molecule has 1 heterocycles. The molecule has 2 aliphatic rings. The number of nitrogens with one attached hydrogen (secondary N) is 1. The summed E-state index contributed by atoms with van der Waals surface area (Å²) in [5, 5.41) is 2.66. The summed E-state index contributed by atoms with van der Waals surface area (Å²) < 4.78 is 16.7. The SMILES string of the molecule is CC(C)COC(=O)CN1Cc2c(cccc2OCCCC(=O)N(C)C2CCCCC2)N=C1NC(=O)OC(C)C. The van der Waals surface area contributed by atoms with Gasteiger partial charge in [0, 0.05) is 25.1 Å². The molecule has 0 radical (unpaired) electrons. The maximum Gasteiger partial charge on any atom is 0.414 e. The van der Waals surface area contributed by atoms with E-state index in [1.165, 1.54) is 19.3 Å². The van der Waals surface area contributed by atoms with Gasteiger partial charge in [-0.25, -0.2) is 9.79 Å². The summed E-state index contributed by atoms with van der Waals surface area (Å²) in [6.07, 6.45) is 5.89. The van der Waals surface area contributed by atoms with Crippen LogP contribution in [0.15, 0.2) is 23.2 Å². The maximum absolute atomic E-state index is 12.7. The van der Waals surface area contributed by atoms with Crippen LogP contribution >= 0.6 is 0 Å². The molecule has 0 atom stereocenters. The number of aliphatic imine (C=N–C) groups is 1. The highest BCUT2D eigenvalue weighted by Gasteiger charge is 2.27. The Hall–Kier alpha value is -3.30. The molecule has 0 unspecified atom stereocenters. The van der Waals surface area contributed by atoms with Gasteiger partial charge in [-0.1, -0.05) is 39.2 Å². The van der Waals surface area contributed by atoms with E-state index in [0.29, 0.717) is 43.5 Å². The van der Waals surface area contributed by atoms with Gasteiger partial charge in [0.05, 0.1) is 31.5 Å². The molecule has 3 rings (SSSR count). The topological polar surface area (TPSA) is 110 Å². The van der Waals surface area contributed by atoms with Crippen molar-refractivity contribution in [2.24, 2.45) is 10.9 Å². The summed E-state index contributed by atoms with van der Waals surface area (Å²) in [5.74, 6) is 0.785. The minimum atomic E-state index is -0.650. The summed E-state index contributed by atoms with van der Waals surface area (Å²) in [6.45, 7) is 8.32. The van der Waals surface area contributed by atoms with Gasteiger partial charge in [-0.2, -0.15) is 0 Å². The van der Waals surface area contributed by atoms with Gasteiger partial charge in [0.2, 0.25) is 11.9 Å². The molecule has 2 amide bonds. The molecule has 10 nitrogen and oxygen atoms in total. The quantitative estimate of drug-likeness (QED) is 0.316. The Kier molecular flexibility index (Phi) is 11.4. The van der Waals surface area contributed by atoms with Crippen molar-refractivity contribution in [2.45, 2.75) is 91.3 Å². The first-order chi connectivity index (χ1) is 18.6. The molecule has 1 aromatic rings. The van der Waals surface area contributed by atoms with E-state index in [1.807, 2.05) is 44.0 Å². The van der Waals surface area contributed by atoms with Crippen LogP contribution in [0.4, 0.5) is 10.5 Å². The zero-order valence-electron chi connectivity index (χ0n) is 24.0. The Bertz CT molecular complexity index is 1020. The number of benzene rings is 1. The van der Waals surface area contributed by atoms with Gasteiger partial charge in [0.15, 0.2) is 0 Å². The molecule has 1 N–H and O–H groups in total. The van der Waals surface area contributed by atoms with Gasteiger partial charge in [0.25, 0.3) is 0 Å². The van der Waals surface area contributed by atoms with E-state index in [9.17, 15) is 14.4 Å². The van der Waals surface area contributed by atoms with Crippen LogP contribution in [-0.2, 0) is 25.6 Å². The van der Waals surface area contributed by atoms with Crippen LogP contribution in [0.1, 0.15) is 78.2 Å². The van der Waals surface area contributed by atoms with Gasteiger partial charge in [-0.05, 0) is 51.2 Å². The Morgan fingerprint density at radius 3 is 2.56 bits per heavy atom. The number of alkyl carbamates (subject to hydrolysis) is 1. The van der Waals surface area contributed by atoms with Crippen LogP contribution in [0.3, 0.4) is 0 Å². The molecule has 0 saturated heterocycles. The van der Waals surface area contributed by atoms with E-state index in [-0.39, 0.29) is 37.0 Å². The van der Waals surface area contributed by atoms with Gasteiger partial charge in [-0.3, -0.25) is 14.9 Å². The van der Waals surface area contributed by atoms with Crippen LogP contribution in [0.5, 0.6) is 5.75 Å². The summed E-state index contributed by atoms with van der Waals surface area (Å²) >= 11 is 0. The molecule has 1 aromatic carbocycles. The second kappa shape index (κ2) is 14.7. The van der Waals surface area contributed by atoms with Crippen LogP contribution < -0.4 is 10.1 Å². The summed E-state index contributed by atoms with van der Waals surface area (Å²) in [4.78, 5) is 45.7. The third kappa shape index (κ3) is 9.44. The van der Waals surface area contributed by atoms with Crippen molar-refractivity contribution >= 4 is 29.6 Å². The zero-order chi connectivity index (χ0) is 28.4. The highest BCUT2D eigenvalue weighted by Crippen LogP contribution is 2.33. The van der Waals surface area contributed by atoms with Crippen molar-refractivity contribution in [3.05, 3.63) is 23.8 Å². The molecule has 1 aliphatic heterocycles. The lowest BCUT2D eigenvalue weighted by atomic mass is 9.94. The number of rotatable bonds is 11. The molecule has 1 aliphatic carbocycles. The monoisotopic (exact) mass is 544 g/mol. The van der Waals surface area contributed by atoms with Crippen molar-refractivity contribution in [3.8, 4) is 5.75 Å². The number of guanidine groups is 1. The smallest absolute Gasteiger partial charge is 0.414 e. The average Bonchev–Trinajstić information content (AvgIpc) is 2.89. The highest BCUT2D eigenvalue weighted by atomic mass is 16.6. The van der Waals surface area contributed by atoms with E-state index in [4.69, 9.17) is 14.2 Å². The molecule has 39 heavy (non-hydrogen) atoms. The van der Waals surface area contributed by atoms with E-state index in [2.05, 4.69) is 10.3 Å². The Labute approximate surface area is 232 Å². The minimum absolute atomic E-state index is 0.0940. The molecular formula is C29H44N4O6. The fourth-order valence-electron chi connectivity index (χ4n) is 4.69. The van der Waals surface area contributed by atoms with Crippen molar-refractivity contribution in [1.29, 1.82) is 0 Å². The number of hydrogen-bond donors (Lipinski definition) is 1. The Morgan fingerprint density at radius 1 is 1.13 bits per heavy atom. The molecule has 1 fully saturated rings. The largest absolute Gasteiger partial charge is 0.493 e. The minimum Gasteiger partial charge on any atom is -0.493 e. The van der Waals surface area contributed by atoms with Gasteiger partial charge in [0.1, 0.15) is 12.3 Å². The summed E-state index contributed by atoms with van der Waals surface area (Å²) in [7, 11) is 1.91. The number of ether oxygens (including phenoxy) is 3. The Balaban J connectivity index is 1.65. The second-order valence-electron chi connectivity index (χ2n) is 10.9. The fraction of sp³-hybridized carbons (Fsp3) is 0.655. The lowest BCUT2D eigenvalue weighted by Gasteiger charge is -2.31. The molecule has 10 heteroatoms. The lowest BCUT2D eigenvalue weighted by Crippen LogP contribution is -2.48. The predicted molar refractivity (Wildman–Crippen MR) is 149 cm³/mol. The van der Waals surface area contributed by atoms with Gasteiger partial charge in [-0.15, -0.1) is 0 Å². The molecule has 1 saturated carbocycles. The van der Waals surface area contributed by atoms with Crippen molar-refractivity contribution in [3.63, 3.8) is 0 Å². The van der Waals surface area contributed by atoms with Crippen LogP contribution in [0, 0.1) is 5.92 Å². The van der Waals surface area contributed by atoms with Crippen LogP contribution in [-0.4, -0.2) is 72.7 Å². The third-order valence-corrected chi connectivity index (χ3v) is 6.75. The van der Waals surface area contributed by atoms with E-state index >= 15 is 0 Å². The molecule has 0 spiro atoms. The van der Waals surface area contributed by atoms with Crippen molar-refractivity contribution in [1.82, 2.24) is 15.1 Å². The molecule has 0 bridgehead atoms. The summed E-state index contributed by atoms with van der Waals surface area (Å²) in [5.41, 5.74) is 1.43. The number of amides is 2. The predicted octanol–water partition coefficient (Wildman–Crippen LogP) is 4.77. The lowest BCUT2D eigenvalue weighted by molar-refractivity contribution is -0.145. The Morgan fingerprint density at radius 2 is 1.87 bits per heavy atom.